The Bertz CT molecular complexity index is 351. The van der Waals surface area contributed by atoms with Crippen molar-refractivity contribution in [3.05, 3.63) is 16.8 Å². The Morgan fingerprint density at radius 3 is 2.81 bits per heavy atom. The molecule has 1 atom stereocenters. The average Bonchev–Trinajstić information content (AvgIpc) is 2.70. The third kappa shape index (κ3) is 3.90. The third-order valence-electron chi connectivity index (χ3n) is 1.87. The van der Waals surface area contributed by atoms with E-state index in [0.29, 0.717) is 6.54 Å². The van der Waals surface area contributed by atoms with E-state index in [2.05, 4.69) is 16.0 Å². The van der Waals surface area contributed by atoms with Crippen molar-refractivity contribution in [1.82, 2.24) is 10.6 Å². The second-order valence-electron chi connectivity index (χ2n) is 3.23. The van der Waals surface area contributed by atoms with Gasteiger partial charge in [0.15, 0.2) is 0 Å². The van der Waals surface area contributed by atoms with Crippen LogP contribution in [0.1, 0.15) is 13.8 Å². The quantitative estimate of drug-likeness (QED) is 0.746. The monoisotopic (exact) mass is 241 g/mol. The number of carbonyl (C=O) groups is 2. The standard InChI is InChI=1S/C10H15N3O2S/c1-3-11-10(15)13-9(14)7(2)12-8-4-5-16-6-8/h4-7,12H,3H2,1-2H3,(H2,11,13,14,15). The summed E-state index contributed by atoms with van der Waals surface area (Å²) in [6.45, 7) is 3.98. The van der Waals surface area contributed by atoms with E-state index in [1.54, 1.807) is 25.2 Å². The van der Waals surface area contributed by atoms with E-state index in [4.69, 9.17) is 0 Å². The molecule has 0 saturated carbocycles. The fourth-order valence-electron chi connectivity index (χ4n) is 1.09. The zero-order chi connectivity index (χ0) is 12.0. The third-order valence-corrected chi connectivity index (χ3v) is 2.55. The lowest BCUT2D eigenvalue weighted by Gasteiger charge is -2.13. The lowest BCUT2D eigenvalue weighted by atomic mass is 10.3. The summed E-state index contributed by atoms with van der Waals surface area (Å²) < 4.78 is 0. The van der Waals surface area contributed by atoms with Crippen molar-refractivity contribution in [1.29, 1.82) is 0 Å². The Morgan fingerprint density at radius 2 is 2.25 bits per heavy atom. The van der Waals surface area contributed by atoms with Gasteiger partial charge in [0, 0.05) is 17.6 Å². The lowest BCUT2D eigenvalue weighted by Crippen LogP contribution is -2.45. The molecule has 1 heterocycles. The predicted octanol–water partition coefficient (Wildman–Crippen LogP) is 1.39. The molecule has 0 aromatic carbocycles. The maximum atomic E-state index is 11.5. The number of thiophene rings is 1. The maximum absolute atomic E-state index is 11.5. The van der Waals surface area contributed by atoms with Crippen molar-refractivity contribution in [3.63, 3.8) is 0 Å². The highest BCUT2D eigenvalue weighted by Gasteiger charge is 2.14. The molecule has 0 radical (unpaired) electrons. The van der Waals surface area contributed by atoms with Crippen LogP contribution < -0.4 is 16.0 Å². The molecule has 0 aliphatic heterocycles. The van der Waals surface area contributed by atoms with Crippen LogP contribution in [0, 0.1) is 0 Å². The number of rotatable bonds is 4. The van der Waals surface area contributed by atoms with E-state index >= 15 is 0 Å². The van der Waals surface area contributed by atoms with Gasteiger partial charge in [-0.3, -0.25) is 10.1 Å². The molecular formula is C10H15N3O2S. The molecule has 1 unspecified atom stereocenters. The van der Waals surface area contributed by atoms with Crippen LogP contribution in [-0.4, -0.2) is 24.5 Å². The first-order valence-electron chi connectivity index (χ1n) is 5.01. The van der Waals surface area contributed by atoms with Gasteiger partial charge in [0.05, 0.1) is 0 Å². The van der Waals surface area contributed by atoms with Gasteiger partial charge in [-0.2, -0.15) is 11.3 Å². The Morgan fingerprint density at radius 1 is 1.50 bits per heavy atom. The van der Waals surface area contributed by atoms with Gasteiger partial charge < -0.3 is 10.6 Å². The van der Waals surface area contributed by atoms with Crippen molar-refractivity contribution in [2.75, 3.05) is 11.9 Å². The van der Waals surface area contributed by atoms with Gasteiger partial charge in [-0.15, -0.1) is 0 Å². The minimum atomic E-state index is -0.466. The van der Waals surface area contributed by atoms with Crippen LogP contribution in [0.3, 0.4) is 0 Å². The Hall–Kier alpha value is -1.56. The van der Waals surface area contributed by atoms with Crippen molar-refractivity contribution < 1.29 is 9.59 Å². The van der Waals surface area contributed by atoms with E-state index in [0.717, 1.165) is 5.69 Å². The van der Waals surface area contributed by atoms with Gasteiger partial charge in [-0.05, 0) is 25.3 Å². The van der Waals surface area contributed by atoms with Gasteiger partial charge in [0.1, 0.15) is 6.04 Å². The molecule has 3 N–H and O–H groups in total. The smallest absolute Gasteiger partial charge is 0.321 e. The lowest BCUT2D eigenvalue weighted by molar-refractivity contribution is -0.120. The van der Waals surface area contributed by atoms with Gasteiger partial charge in [0.2, 0.25) is 5.91 Å². The van der Waals surface area contributed by atoms with Crippen molar-refractivity contribution in [2.45, 2.75) is 19.9 Å². The zero-order valence-electron chi connectivity index (χ0n) is 9.24. The first-order chi connectivity index (χ1) is 7.63. The minimum Gasteiger partial charge on any atom is -0.373 e. The van der Waals surface area contributed by atoms with Crippen LogP contribution in [0.25, 0.3) is 0 Å². The fraction of sp³-hybridized carbons (Fsp3) is 0.400. The number of imide groups is 1. The highest BCUT2D eigenvalue weighted by molar-refractivity contribution is 7.08. The van der Waals surface area contributed by atoms with E-state index in [1.807, 2.05) is 16.8 Å². The van der Waals surface area contributed by atoms with Crippen LogP contribution in [-0.2, 0) is 4.79 Å². The first kappa shape index (κ1) is 12.5. The molecule has 1 aromatic heterocycles. The highest BCUT2D eigenvalue weighted by Crippen LogP contribution is 2.12. The number of amides is 3. The molecule has 1 aromatic rings. The molecule has 0 spiro atoms. The van der Waals surface area contributed by atoms with E-state index < -0.39 is 12.1 Å². The number of nitrogens with one attached hydrogen (secondary N) is 3. The van der Waals surface area contributed by atoms with E-state index in [9.17, 15) is 9.59 Å². The van der Waals surface area contributed by atoms with Crippen LogP contribution in [0.15, 0.2) is 16.8 Å². The Kier molecular flexibility index (Phi) is 4.78. The number of hydrogen-bond acceptors (Lipinski definition) is 4. The van der Waals surface area contributed by atoms with E-state index in [1.165, 1.54) is 0 Å². The predicted molar refractivity (Wildman–Crippen MR) is 64.6 cm³/mol. The number of hydrogen-bond donors (Lipinski definition) is 3. The summed E-state index contributed by atoms with van der Waals surface area (Å²) in [7, 11) is 0. The largest absolute Gasteiger partial charge is 0.373 e. The second-order valence-corrected chi connectivity index (χ2v) is 4.01. The summed E-state index contributed by atoms with van der Waals surface area (Å²) >= 11 is 1.54. The summed E-state index contributed by atoms with van der Waals surface area (Å²) in [6.07, 6.45) is 0. The normalized spacial score (nSPS) is 11.6. The molecule has 5 nitrogen and oxygen atoms in total. The molecule has 88 valence electrons. The van der Waals surface area contributed by atoms with Crippen LogP contribution in [0.5, 0.6) is 0 Å². The van der Waals surface area contributed by atoms with Gasteiger partial charge in [0.25, 0.3) is 0 Å². The fourth-order valence-corrected chi connectivity index (χ4v) is 1.68. The molecular weight excluding hydrogens is 226 g/mol. The SMILES string of the molecule is CCNC(=O)NC(=O)C(C)Nc1ccsc1. The molecule has 0 bridgehead atoms. The van der Waals surface area contributed by atoms with Crippen LogP contribution in [0.4, 0.5) is 10.5 Å². The topological polar surface area (TPSA) is 70.2 Å². The van der Waals surface area contributed by atoms with Gasteiger partial charge in [-0.25, -0.2) is 4.79 Å². The summed E-state index contributed by atoms with van der Waals surface area (Å²) in [5, 5.41) is 11.5. The molecule has 0 fully saturated rings. The first-order valence-corrected chi connectivity index (χ1v) is 5.95. The number of urea groups is 1. The molecule has 0 saturated heterocycles. The Balaban J connectivity index is 2.39. The zero-order valence-corrected chi connectivity index (χ0v) is 10.1. The average molecular weight is 241 g/mol. The summed E-state index contributed by atoms with van der Waals surface area (Å²) in [5.74, 6) is -0.350. The summed E-state index contributed by atoms with van der Waals surface area (Å²) in [5.41, 5.74) is 0.878. The molecule has 1 rings (SSSR count). The second kappa shape index (κ2) is 6.12. The van der Waals surface area contributed by atoms with Crippen LogP contribution >= 0.6 is 11.3 Å². The molecule has 0 aliphatic carbocycles. The van der Waals surface area contributed by atoms with Gasteiger partial charge in [-0.1, -0.05) is 0 Å². The van der Waals surface area contributed by atoms with Crippen LogP contribution in [0.2, 0.25) is 0 Å². The van der Waals surface area contributed by atoms with Crippen molar-refractivity contribution in [3.8, 4) is 0 Å². The van der Waals surface area contributed by atoms with Crippen molar-refractivity contribution >= 4 is 29.0 Å². The van der Waals surface area contributed by atoms with E-state index in [-0.39, 0.29) is 5.91 Å². The summed E-state index contributed by atoms with van der Waals surface area (Å²) in [6, 6.07) is 0.962. The number of carbonyl (C=O) groups excluding carboxylic acids is 2. The molecule has 3 amide bonds. The summed E-state index contributed by atoms with van der Waals surface area (Å²) in [4.78, 5) is 22.6. The Labute approximate surface area is 98.2 Å². The molecule has 6 heteroatoms. The van der Waals surface area contributed by atoms with Gasteiger partial charge >= 0.3 is 6.03 Å². The number of anilines is 1. The molecule has 0 aliphatic rings. The minimum absolute atomic E-state index is 0.350. The maximum Gasteiger partial charge on any atom is 0.321 e. The van der Waals surface area contributed by atoms with Crippen molar-refractivity contribution in [2.24, 2.45) is 0 Å². The highest BCUT2D eigenvalue weighted by atomic mass is 32.1. The molecule has 16 heavy (non-hydrogen) atoms.